The van der Waals surface area contributed by atoms with Gasteiger partial charge in [0.05, 0.1) is 19.7 Å². The summed E-state index contributed by atoms with van der Waals surface area (Å²) in [6, 6.07) is -0.184. The van der Waals surface area contributed by atoms with Gasteiger partial charge in [0, 0.05) is 26.6 Å². The molecule has 2 aliphatic heterocycles. The maximum absolute atomic E-state index is 12.1. The molecule has 0 bridgehead atoms. The van der Waals surface area contributed by atoms with Gasteiger partial charge in [-0.25, -0.2) is 4.79 Å². The molecule has 11 heteroatoms. The van der Waals surface area contributed by atoms with Crippen LogP contribution in [0.15, 0.2) is 0 Å². The number of aliphatic carboxylic acids is 1. The highest BCUT2D eigenvalue weighted by atomic mass is 19.4. The first-order chi connectivity index (χ1) is 14.0. The van der Waals surface area contributed by atoms with E-state index in [2.05, 4.69) is 17.1 Å². The van der Waals surface area contributed by atoms with E-state index >= 15 is 0 Å². The van der Waals surface area contributed by atoms with Gasteiger partial charge in [0.2, 0.25) is 11.8 Å². The number of hydrogen-bond donors (Lipinski definition) is 2. The van der Waals surface area contributed by atoms with Gasteiger partial charge < -0.3 is 20.1 Å². The maximum atomic E-state index is 12.1. The number of amides is 2. The molecule has 3 aliphatic rings. The molecule has 2 N–H and O–H groups in total. The number of alkyl halides is 3. The van der Waals surface area contributed by atoms with Crippen molar-refractivity contribution in [2.45, 2.75) is 56.8 Å². The van der Waals surface area contributed by atoms with Gasteiger partial charge in [-0.3, -0.25) is 14.5 Å². The van der Waals surface area contributed by atoms with Crippen LogP contribution in [0.5, 0.6) is 0 Å². The molecule has 8 nitrogen and oxygen atoms in total. The zero-order valence-electron chi connectivity index (χ0n) is 17.3. The van der Waals surface area contributed by atoms with Crippen molar-refractivity contribution >= 4 is 17.8 Å². The number of morpholine rings is 1. The maximum Gasteiger partial charge on any atom is 0.490 e. The van der Waals surface area contributed by atoms with Crippen molar-refractivity contribution in [2.75, 3.05) is 39.8 Å². The van der Waals surface area contributed by atoms with Crippen LogP contribution in [0.2, 0.25) is 0 Å². The molecule has 3 rings (SSSR count). The van der Waals surface area contributed by atoms with Crippen LogP contribution in [-0.2, 0) is 19.1 Å². The lowest BCUT2D eigenvalue weighted by molar-refractivity contribution is -0.204. The predicted octanol–water partition coefficient (Wildman–Crippen LogP) is 1.25. The van der Waals surface area contributed by atoms with Crippen LogP contribution in [0, 0.1) is 5.92 Å². The van der Waals surface area contributed by atoms with Crippen molar-refractivity contribution < 1.29 is 37.4 Å². The molecule has 3 fully saturated rings. The number of likely N-dealkylation sites (N-methyl/N-ethyl adjacent to an activating group) is 1. The Kier molecular flexibility index (Phi) is 8.09. The van der Waals surface area contributed by atoms with E-state index in [-0.39, 0.29) is 23.5 Å². The fraction of sp³-hybridized carbons (Fsp3) is 0.842. The first kappa shape index (κ1) is 24.4. The number of likely N-dealkylation sites (tertiary alicyclic amines) is 1. The second-order valence-electron chi connectivity index (χ2n) is 8.15. The molecule has 1 spiro atoms. The van der Waals surface area contributed by atoms with E-state index in [1.54, 1.807) is 7.05 Å². The summed E-state index contributed by atoms with van der Waals surface area (Å²) in [4.78, 5) is 37.3. The van der Waals surface area contributed by atoms with E-state index in [0.29, 0.717) is 26.1 Å². The predicted molar refractivity (Wildman–Crippen MR) is 101 cm³/mol. The van der Waals surface area contributed by atoms with E-state index in [9.17, 15) is 22.8 Å². The first-order valence-electron chi connectivity index (χ1n) is 10.2. The summed E-state index contributed by atoms with van der Waals surface area (Å²) in [7, 11) is 1.68. The number of rotatable bonds is 6. The number of carboxylic acid groups (broad SMARTS) is 1. The first-order valence-corrected chi connectivity index (χ1v) is 10.2. The summed E-state index contributed by atoms with van der Waals surface area (Å²) < 4.78 is 37.8. The minimum atomic E-state index is -5.08. The van der Waals surface area contributed by atoms with Gasteiger partial charge in [-0.1, -0.05) is 13.3 Å². The Balaban J connectivity index is 0.000000396. The highest BCUT2D eigenvalue weighted by molar-refractivity contribution is 5.82. The SMILES string of the molecule is CCCCC(=O)N1CC2(C1)CN(CC1CC1)C(C(=O)NC)CO2.O=C(O)C(F)(F)F. The average Bonchev–Trinajstić information content (AvgIpc) is 3.47. The number of carboxylic acids is 1. The highest BCUT2D eigenvalue weighted by Crippen LogP contribution is 2.36. The monoisotopic (exact) mass is 437 g/mol. The summed E-state index contributed by atoms with van der Waals surface area (Å²) in [5.74, 6) is -1.74. The Morgan fingerprint density at radius 2 is 1.80 bits per heavy atom. The Morgan fingerprint density at radius 1 is 1.20 bits per heavy atom. The molecule has 1 atom stereocenters. The molecule has 1 saturated carbocycles. The third kappa shape index (κ3) is 6.56. The summed E-state index contributed by atoms with van der Waals surface area (Å²) in [5, 5.41) is 9.87. The highest BCUT2D eigenvalue weighted by Gasteiger charge is 2.52. The molecule has 172 valence electrons. The lowest BCUT2D eigenvalue weighted by Crippen LogP contribution is -2.73. The molecule has 0 aromatic rings. The van der Waals surface area contributed by atoms with Crippen LogP contribution in [0.3, 0.4) is 0 Å². The van der Waals surface area contributed by atoms with Crippen molar-refractivity contribution in [3.05, 3.63) is 0 Å². The van der Waals surface area contributed by atoms with Gasteiger partial charge in [-0.05, 0) is 25.2 Å². The van der Waals surface area contributed by atoms with Gasteiger partial charge >= 0.3 is 12.1 Å². The number of carbonyl (C=O) groups excluding carboxylic acids is 2. The van der Waals surface area contributed by atoms with Crippen LogP contribution in [-0.4, -0.2) is 90.3 Å². The molecule has 1 unspecified atom stereocenters. The molecule has 0 radical (unpaired) electrons. The Bertz CT molecular complexity index is 633. The lowest BCUT2D eigenvalue weighted by Gasteiger charge is -2.55. The average molecular weight is 437 g/mol. The fourth-order valence-corrected chi connectivity index (χ4v) is 3.62. The van der Waals surface area contributed by atoms with E-state index in [4.69, 9.17) is 14.6 Å². The van der Waals surface area contributed by atoms with Gasteiger partial charge in [0.25, 0.3) is 0 Å². The Labute approximate surface area is 173 Å². The summed E-state index contributed by atoms with van der Waals surface area (Å²) in [6.07, 6.45) is 0.0953. The number of halogens is 3. The van der Waals surface area contributed by atoms with Crippen molar-refractivity contribution in [3.63, 3.8) is 0 Å². The lowest BCUT2D eigenvalue weighted by atomic mass is 9.89. The topological polar surface area (TPSA) is 99.2 Å². The zero-order valence-corrected chi connectivity index (χ0v) is 17.3. The van der Waals surface area contributed by atoms with E-state index in [0.717, 1.165) is 31.8 Å². The molecular formula is C19H30F3N3O5. The summed E-state index contributed by atoms with van der Waals surface area (Å²) >= 11 is 0. The van der Waals surface area contributed by atoms with Gasteiger partial charge in [-0.2, -0.15) is 13.2 Å². The van der Waals surface area contributed by atoms with Crippen LogP contribution < -0.4 is 5.32 Å². The Hall–Kier alpha value is -1.88. The van der Waals surface area contributed by atoms with Crippen LogP contribution >= 0.6 is 0 Å². The minimum Gasteiger partial charge on any atom is -0.475 e. The van der Waals surface area contributed by atoms with Crippen molar-refractivity contribution in [1.82, 2.24) is 15.1 Å². The Morgan fingerprint density at radius 3 is 2.27 bits per heavy atom. The molecule has 0 aromatic carbocycles. The van der Waals surface area contributed by atoms with Crippen molar-refractivity contribution in [3.8, 4) is 0 Å². The molecule has 1 aliphatic carbocycles. The molecule has 2 heterocycles. The van der Waals surface area contributed by atoms with Crippen molar-refractivity contribution in [2.24, 2.45) is 5.92 Å². The number of hydrogen-bond acceptors (Lipinski definition) is 5. The summed E-state index contributed by atoms with van der Waals surface area (Å²) in [6.45, 7) is 5.63. The number of ether oxygens (including phenoxy) is 1. The van der Waals surface area contributed by atoms with E-state index < -0.39 is 12.1 Å². The van der Waals surface area contributed by atoms with Gasteiger partial charge in [0.15, 0.2) is 0 Å². The number of nitrogens with zero attached hydrogens (tertiary/aromatic N) is 2. The third-order valence-electron chi connectivity index (χ3n) is 5.52. The third-order valence-corrected chi connectivity index (χ3v) is 5.52. The van der Waals surface area contributed by atoms with E-state index in [1.807, 2.05) is 4.90 Å². The number of unbranched alkanes of at least 4 members (excludes halogenated alkanes) is 1. The smallest absolute Gasteiger partial charge is 0.475 e. The number of nitrogens with one attached hydrogen (secondary N) is 1. The fourth-order valence-electron chi connectivity index (χ4n) is 3.62. The number of carbonyl (C=O) groups is 3. The molecule has 30 heavy (non-hydrogen) atoms. The minimum absolute atomic E-state index is 0.0377. The van der Waals surface area contributed by atoms with Crippen molar-refractivity contribution in [1.29, 1.82) is 0 Å². The molecule has 2 saturated heterocycles. The molecular weight excluding hydrogens is 407 g/mol. The quantitative estimate of drug-likeness (QED) is 0.649. The van der Waals surface area contributed by atoms with Crippen LogP contribution in [0.1, 0.15) is 39.0 Å². The standard InChI is InChI=1S/C17H29N3O3.C2HF3O2/c1-3-4-5-15(21)20-11-17(12-20)10-19(8-13-6-7-13)14(9-23-17)16(22)18-2;3-2(4,5)1(6)7/h13-14H,3-12H2,1-2H3,(H,18,22);(H,6,7). The zero-order chi connectivity index (χ0) is 22.5. The second kappa shape index (κ2) is 9.95. The van der Waals surface area contributed by atoms with Crippen LogP contribution in [0.4, 0.5) is 13.2 Å². The van der Waals surface area contributed by atoms with Gasteiger partial charge in [-0.15, -0.1) is 0 Å². The molecule has 0 aromatic heterocycles. The molecule has 2 amide bonds. The van der Waals surface area contributed by atoms with Gasteiger partial charge in [0.1, 0.15) is 11.6 Å². The van der Waals surface area contributed by atoms with Crippen LogP contribution in [0.25, 0.3) is 0 Å². The largest absolute Gasteiger partial charge is 0.490 e. The normalized spacial score (nSPS) is 23.2. The summed E-state index contributed by atoms with van der Waals surface area (Å²) in [5.41, 5.74) is -0.249. The second-order valence-corrected chi connectivity index (χ2v) is 8.15. The van der Waals surface area contributed by atoms with E-state index in [1.165, 1.54) is 12.8 Å².